The van der Waals surface area contributed by atoms with Gasteiger partial charge in [0.15, 0.2) is 0 Å². The summed E-state index contributed by atoms with van der Waals surface area (Å²) in [5.74, 6) is 1.72. The minimum Gasteiger partial charge on any atom is -0.494 e. The summed E-state index contributed by atoms with van der Waals surface area (Å²) in [6, 6.07) is 8.16. The van der Waals surface area contributed by atoms with Gasteiger partial charge in [-0.2, -0.15) is 0 Å². The molecule has 0 spiro atoms. The van der Waals surface area contributed by atoms with Crippen LogP contribution in [0.1, 0.15) is 44.1 Å². The normalized spacial score (nSPS) is 20.8. The largest absolute Gasteiger partial charge is 0.494 e. The van der Waals surface area contributed by atoms with Gasteiger partial charge >= 0.3 is 0 Å². The van der Waals surface area contributed by atoms with Crippen molar-refractivity contribution >= 4 is 5.78 Å². The van der Waals surface area contributed by atoms with Gasteiger partial charge < -0.3 is 4.74 Å². The summed E-state index contributed by atoms with van der Waals surface area (Å²) in [4.78, 5) is 11.4. The quantitative estimate of drug-likeness (QED) is 0.778. The number of hydrogen-bond acceptors (Lipinski definition) is 2. The molecule has 1 atom stereocenters. The van der Waals surface area contributed by atoms with Crippen molar-refractivity contribution in [3.05, 3.63) is 29.8 Å². The topological polar surface area (TPSA) is 26.3 Å². The van der Waals surface area contributed by atoms with Gasteiger partial charge in [0.05, 0.1) is 6.61 Å². The van der Waals surface area contributed by atoms with E-state index in [2.05, 4.69) is 12.1 Å². The monoisotopic (exact) mass is 218 g/mol. The molecule has 0 saturated heterocycles. The molecule has 1 fully saturated rings. The van der Waals surface area contributed by atoms with E-state index >= 15 is 0 Å². The molecule has 0 heterocycles. The molecule has 1 aromatic carbocycles. The summed E-state index contributed by atoms with van der Waals surface area (Å²) in [6.45, 7) is 2.67. The molecule has 0 aromatic heterocycles. The lowest BCUT2D eigenvalue weighted by Gasteiger charge is -2.21. The van der Waals surface area contributed by atoms with Gasteiger partial charge in [0, 0.05) is 12.8 Å². The highest BCUT2D eigenvalue weighted by atomic mass is 16.5. The summed E-state index contributed by atoms with van der Waals surface area (Å²) in [7, 11) is 0. The van der Waals surface area contributed by atoms with Crippen LogP contribution in [0.4, 0.5) is 0 Å². The van der Waals surface area contributed by atoms with E-state index < -0.39 is 0 Å². The summed E-state index contributed by atoms with van der Waals surface area (Å²) in [5.41, 5.74) is 1.25. The Morgan fingerprint density at radius 1 is 1.44 bits per heavy atom. The summed E-state index contributed by atoms with van der Waals surface area (Å²) >= 11 is 0. The lowest BCUT2D eigenvalue weighted by atomic mass is 9.83. The first-order valence-corrected chi connectivity index (χ1v) is 6.04. The molecule has 1 aromatic rings. The van der Waals surface area contributed by atoms with Crippen molar-refractivity contribution in [2.45, 2.75) is 38.5 Å². The van der Waals surface area contributed by atoms with Crippen LogP contribution in [-0.2, 0) is 4.79 Å². The molecular weight excluding hydrogens is 200 g/mol. The van der Waals surface area contributed by atoms with Crippen molar-refractivity contribution in [1.29, 1.82) is 0 Å². The first-order valence-electron chi connectivity index (χ1n) is 6.04. The molecule has 1 saturated carbocycles. The number of rotatable bonds is 3. The Morgan fingerprint density at radius 2 is 2.31 bits per heavy atom. The average molecular weight is 218 g/mol. The standard InChI is InChI=1S/C14H18O2/c1-2-16-14-8-4-6-12(10-14)11-5-3-7-13(15)9-11/h4,6,8,10-11H,2-3,5,7,9H2,1H3. The summed E-state index contributed by atoms with van der Waals surface area (Å²) in [5, 5.41) is 0. The number of ketones is 1. The van der Waals surface area contributed by atoms with Crippen molar-refractivity contribution < 1.29 is 9.53 Å². The zero-order valence-corrected chi connectivity index (χ0v) is 9.74. The van der Waals surface area contributed by atoms with Gasteiger partial charge in [0.2, 0.25) is 0 Å². The molecule has 86 valence electrons. The molecule has 1 unspecified atom stereocenters. The van der Waals surface area contributed by atoms with Crippen LogP contribution in [-0.4, -0.2) is 12.4 Å². The van der Waals surface area contributed by atoms with Crippen LogP contribution in [0.5, 0.6) is 5.75 Å². The lowest BCUT2D eigenvalue weighted by Crippen LogP contribution is -2.13. The fourth-order valence-electron chi connectivity index (χ4n) is 2.33. The Morgan fingerprint density at radius 3 is 3.06 bits per heavy atom. The Kier molecular flexibility index (Phi) is 3.60. The third-order valence-corrected chi connectivity index (χ3v) is 3.12. The predicted octanol–water partition coefficient (Wildman–Crippen LogP) is 3.31. The highest BCUT2D eigenvalue weighted by Crippen LogP contribution is 2.32. The molecular formula is C14H18O2. The van der Waals surface area contributed by atoms with Gasteiger partial charge in [0.1, 0.15) is 11.5 Å². The molecule has 0 amide bonds. The first kappa shape index (κ1) is 11.2. The highest BCUT2D eigenvalue weighted by molar-refractivity contribution is 5.80. The second-order valence-electron chi connectivity index (χ2n) is 4.34. The highest BCUT2D eigenvalue weighted by Gasteiger charge is 2.21. The summed E-state index contributed by atoms with van der Waals surface area (Å²) < 4.78 is 5.48. The van der Waals surface area contributed by atoms with Crippen LogP contribution in [0.15, 0.2) is 24.3 Å². The Hall–Kier alpha value is -1.31. The van der Waals surface area contributed by atoms with Crippen LogP contribution >= 0.6 is 0 Å². The molecule has 2 heteroatoms. The van der Waals surface area contributed by atoms with Crippen molar-refractivity contribution in [2.24, 2.45) is 0 Å². The van der Waals surface area contributed by atoms with Crippen molar-refractivity contribution in [2.75, 3.05) is 6.61 Å². The van der Waals surface area contributed by atoms with E-state index in [9.17, 15) is 4.79 Å². The zero-order valence-electron chi connectivity index (χ0n) is 9.74. The lowest BCUT2D eigenvalue weighted by molar-refractivity contribution is -0.120. The third-order valence-electron chi connectivity index (χ3n) is 3.12. The maximum Gasteiger partial charge on any atom is 0.133 e. The van der Waals surface area contributed by atoms with Gasteiger partial charge in [-0.3, -0.25) is 4.79 Å². The van der Waals surface area contributed by atoms with Gasteiger partial charge in [-0.25, -0.2) is 0 Å². The van der Waals surface area contributed by atoms with E-state index in [0.29, 0.717) is 24.7 Å². The van der Waals surface area contributed by atoms with Gasteiger partial charge in [0.25, 0.3) is 0 Å². The molecule has 0 aliphatic heterocycles. The van der Waals surface area contributed by atoms with Crippen molar-refractivity contribution in [3.63, 3.8) is 0 Å². The zero-order chi connectivity index (χ0) is 11.4. The molecule has 2 rings (SSSR count). The SMILES string of the molecule is CCOc1cccc(C2CCCC(=O)C2)c1. The number of hydrogen-bond donors (Lipinski definition) is 0. The van der Waals surface area contributed by atoms with Gasteiger partial charge in [-0.05, 0) is 43.4 Å². The minimum absolute atomic E-state index is 0.401. The van der Waals surface area contributed by atoms with Crippen LogP contribution in [0.2, 0.25) is 0 Å². The fourth-order valence-corrected chi connectivity index (χ4v) is 2.33. The molecule has 0 radical (unpaired) electrons. The summed E-state index contributed by atoms with van der Waals surface area (Å²) in [6.07, 6.45) is 3.63. The number of Topliss-reactive ketones (excluding diaryl/α,β-unsaturated/α-hetero) is 1. The molecule has 0 bridgehead atoms. The van der Waals surface area contributed by atoms with E-state index in [1.807, 2.05) is 19.1 Å². The fraction of sp³-hybridized carbons (Fsp3) is 0.500. The van der Waals surface area contributed by atoms with Gasteiger partial charge in [-0.15, -0.1) is 0 Å². The van der Waals surface area contributed by atoms with E-state index in [-0.39, 0.29) is 0 Å². The van der Waals surface area contributed by atoms with Crippen LogP contribution < -0.4 is 4.74 Å². The Balaban J connectivity index is 2.12. The van der Waals surface area contributed by atoms with Crippen molar-refractivity contribution in [3.8, 4) is 5.75 Å². The van der Waals surface area contributed by atoms with Crippen LogP contribution in [0.3, 0.4) is 0 Å². The van der Waals surface area contributed by atoms with E-state index in [4.69, 9.17) is 4.74 Å². The number of benzene rings is 1. The van der Waals surface area contributed by atoms with E-state index in [1.165, 1.54) is 5.56 Å². The van der Waals surface area contributed by atoms with Crippen LogP contribution in [0.25, 0.3) is 0 Å². The molecule has 2 nitrogen and oxygen atoms in total. The second-order valence-corrected chi connectivity index (χ2v) is 4.34. The molecule has 1 aliphatic rings. The van der Waals surface area contributed by atoms with Crippen LogP contribution in [0, 0.1) is 0 Å². The molecule has 16 heavy (non-hydrogen) atoms. The molecule has 0 N–H and O–H groups in total. The number of carbonyl (C=O) groups is 1. The average Bonchev–Trinajstić information content (AvgIpc) is 2.30. The minimum atomic E-state index is 0.401. The van der Waals surface area contributed by atoms with E-state index in [1.54, 1.807) is 0 Å². The maximum absolute atomic E-state index is 11.4. The first-order chi connectivity index (χ1) is 7.79. The van der Waals surface area contributed by atoms with E-state index in [0.717, 1.165) is 25.0 Å². The Labute approximate surface area is 96.6 Å². The second kappa shape index (κ2) is 5.15. The van der Waals surface area contributed by atoms with Crippen molar-refractivity contribution in [1.82, 2.24) is 0 Å². The Bertz CT molecular complexity index is 371. The maximum atomic E-state index is 11.4. The smallest absolute Gasteiger partial charge is 0.133 e. The molecule has 1 aliphatic carbocycles. The number of carbonyl (C=O) groups excluding carboxylic acids is 1. The predicted molar refractivity (Wildman–Crippen MR) is 63.8 cm³/mol. The van der Waals surface area contributed by atoms with Gasteiger partial charge in [-0.1, -0.05) is 12.1 Å². The number of ether oxygens (including phenoxy) is 1. The third kappa shape index (κ3) is 2.63.